The van der Waals surface area contributed by atoms with Crippen molar-refractivity contribution in [2.24, 2.45) is 5.73 Å². The first-order valence-electron chi connectivity index (χ1n) is 5.57. The standard InChI is InChI=1S/C14H19NS/c1-3-4-5-9-13(15)11-16-14-10-7-6-8-12(14)2/h6-8,10,13H,5,9,11,15H2,1-2H3. The van der Waals surface area contributed by atoms with Crippen molar-refractivity contribution >= 4 is 11.8 Å². The largest absolute Gasteiger partial charge is 0.327 e. The van der Waals surface area contributed by atoms with Crippen molar-refractivity contribution in [3.05, 3.63) is 29.8 Å². The quantitative estimate of drug-likeness (QED) is 0.624. The van der Waals surface area contributed by atoms with Crippen LogP contribution < -0.4 is 5.73 Å². The van der Waals surface area contributed by atoms with E-state index in [9.17, 15) is 0 Å². The van der Waals surface area contributed by atoms with Gasteiger partial charge in [-0.1, -0.05) is 18.2 Å². The maximum absolute atomic E-state index is 6.02. The summed E-state index contributed by atoms with van der Waals surface area (Å²) in [6, 6.07) is 8.67. The van der Waals surface area contributed by atoms with Gasteiger partial charge in [-0.3, -0.25) is 0 Å². The van der Waals surface area contributed by atoms with Gasteiger partial charge in [-0.25, -0.2) is 0 Å². The molecule has 0 aliphatic carbocycles. The monoisotopic (exact) mass is 233 g/mol. The molecule has 0 radical (unpaired) electrons. The molecule has 0 fully saturated rings. The number of benzene rings is 1. The SMILES string of the molecule is CC#CCCC(N)CSc1ccccc1C. The predicted molar refractivity (Wildman–Crippen MR) is 72.6 cm³/mol. The van der Waals surface area contributed by atoms with E-state index in [0.717, 1.165) is 18.6 Å². The maximum atomic E-state index is 6.02. The van der Waals surface area contributed by atoms with Crippen LogP contribution in [-0.2, 0) is 0 Å². The molecule has 2 N–H and O–H groups in total. The van der Waals surface area contributed by atoms with Gasteiger partial charge in [0.15, 0.2) is 0 Å². The molecule has 1 unspecified atom stereocenters. The number of hydrogen-bond donors (Lipinski definition) is 1. The topological polar surface area (TPSA) is 26.0 Å². The molecule has 1 aromatic carbocycles. The Balaban J connectivity index is 2.33. The highest BCUT2D eigenvalue weighted by Gasteiger charge is 2.04. The van der Waals surface area contributed by atoms with Crippen LogP contribution in [0, 0.1) is 18.8 Å². The Morgan fingerprint density at radius 3 is 2.81 bits per heavy atom. The Kier molecular flexibility index (Phi) is 6.07. The van der Waals surface area contributed by atoms with E-state index in [1.54, 1.807) is 0 Å². The molecular formula is C14H19NS. The molecule has 0 bridgehead atoms. The Morgan fingerprint density at radius 1 is 1.38 bits per heavy atom. The summed E-state index contributed by atoms with van der Waals surface area (Å²) in [6.07, 6.45) is 1.89. The van der Waals surface area contributed by atoms with E-state index < -0.39 is 0 Å². The van der Waals surface area contributed by atoms with Gasteiger partial charge < -0.3 is 5.73 Å². The van der Waals surface area contributed by atoms with Crippen LogP contribution >= 0.6 is 11.8 Å². The van der Waals surface area contributed by atoms with E-state index in [4.69, 9.17) is 5.73 Å². The molecule has 86 valence electrons. The third kappa shape index (κ3) is 4.74. The zero-order valence-electron chi connectivity index (χ0n) is 9.99. The van der Waals surface area contributed by atoms with E-state index >= 15 is 0 Å². The Hall–Kier alpha value is -0.910. The summed E-state index contributed by atoms with van der Waals surface area (Å²) >= 11 is 1.84. The Bertz CT molecular complexity index is 376. The summed E-state index contributed by atoms with van der Waals surface area (Å²) in [4.78, 5) is 1.33. The fourth-order valence-electron chi connectivity index (χ4n) is 1.38. The van der Waals surface area contributed by atoms with E-state index in [-0.39, 0.29) is 6.04 Å². The molecule has 0 saturated heterocycles. The average molecular weight is 233 g/mol. The first-order chi connectivity index (χ1) is 7.74. The zero-order chi connectivity index (χ0) is 11.8. The second-order valence-electron chi connectivity index (χ2n) is 3.80. The van der Waals surface area contributed by atoms with E-state index in [0.29, 0.717) is 0 Å². The van der Waals surface area contributed by atoms with Crippen molar-refractivity contribution in [3.8, 4) is 11.8 Å². The highest BCUT2D eigenvalue weighted by Crippen LogP contribution is 2.22. The highest BCUT2D eigenvalue weighted by molar-refractivity contribution is 7.99. The zero-order valence-corrected chi connectivity index (χ0v) is 10.8. The van der Waals surface area contributed by atoms with Crippen molar-refractivity contribution in [2.75, 3.05) is 5.75 Å². The van der Waals surface area contributed by atoms with Gasteiger partial charge in [0, 0.05) is 23.1 Å². The van der Waals surface area contributed by atoms with Crippen LogP contribution in [0.2, 0.25) is 0 Å². The summed E-state index contributed by atoms with van der Waals surface area (Å²) in [7, 11) is 0. The van der Waals surface area contributed by atoms with E-state index in [1.165, 1.54) is 10.5 Å². The molecule has 0 spiro atoms. The second-order valence-corrected chi connectivity index (χ2v) is 4.86. The molecule has 2 heteroatoms. The van der Waals surface area contributed by atoms with Crippen LogP contribution in [0.1, 0.15) is 25.3 Å². The molecule has 16 heavy (non-hydrogen) atoms. The predicted octanol–water partition coefficient (Wildman–Crippen LogP) is 3.22. The number of hydrogen-bond acceptors (Lipinski definition) is 2. The van der Waals surface area contributed by atoms with Gasteiger partial charge in [-0.05, 0) is 31.9 Å². The normalized spacial score (nSPS) is 11.7. The van der Waals surface area contributed by atoms with Crippen molar-refractivity contribution in [2.45, 2.75) is 37.6 Å². The van der Waals surface area contributed by atoms with Crippen molar-refractivity contribution in [1.29, 1.82) is 0 Å². The molecule has 0 heterocycles. The number of rotatable bonds is 5. The number of aryl methyl sites for hydroxylation is 1. The summed E-state index contributed by atoms with van der Waals surface area (Å²) in [5, 5.41) is 0. The van der Waals surface area contributed by atoms with Gasteiger partial charge >= 0.3 is 0 Å². The van der Waals surface area contributed by atoms with Gasteiger partial charge in [-0.15, -0.1) is 23.6 Å². The third-order valence-electron chi connectivity index (χ3n) is 2.36. The maximum Gasteiger partial charge on any atom is 0.0143 e. The fourth-order valence-corrected chi connectivity index (χ4v) is 2.41. The molecule has 1 aromatic rings. The first-order valence-corrected chi connectivity index (χ1v) is 6.56. The Morgan fingerprint density at radius 2 is 2.12 bits per heavy atom. The van der Waals surface area contributed by atoms with Crippen LogP contribution in [0.4, 0.5) is 0 Å². The average Bonchev–Trinajstić information content (AvgIpc) is 2.28. The van der Waals surface area contributed by atoms with Crippen LogP contribution in [0.25, 0.3) is 0 Å². The lowest BCUT2D eigenvalue weighted by molar-refractivity contribution is 0.692. The second kappa shape index (κ2) is 7.38. The summed E-state index contributed by atoms with van der Waals surface area (Å²) < 4.78 is 0. The van der Waals surface area contributed by atoms with Crippen molar-refractivity contribution in [1.82, 2.24) is 0 Å². The molecule has 1 rings (SSSR count). The highest BCUT2D eigenvalue weighted by atomic mass is 32.2. The molecule has 0 aliphatic heterocycles. The minimum absolute atomic E-state index is 0.241. The van der Waals surface area contributed by atoms with Gasteiger partial charge in [0.2, 0.25) is 0 Å². The van der Waals surface area contributed by atoms with Gasteiger partial charge in [0.25, 0.3) is 0 Å². The molecule has 0 saturated carbocycles. The molecule has 0 aliphatic rings. The summed E-state index contributed by atoms with van der Waals surface area (Å²) in [5.74, 6) is 6.91. The van der Waals surface area contributed by atoms with Crippen molar-refractivity contribution in [3.63, 3.8) is 0 Å². The first kappa shape index (κ1) is 13.2. The lowest BCUT2D eigenvalue weighted by Crippen LogP contribution is -2.22. The fraction of sp³-hybridized carbons (Fsp3) is 0.429. The minimum atomic E-state index is 0.241. The van der Waals surface area contributed by atoms with E-state index in [1.807, 2.05) is 18.7 Å². The van der Waals surface area contributed by atoms with Gasteiger partial charge in [0.05, 0.1) is 0 Å². The smallest absolute Gasteiger partial charge is 0.0143 e. The number of thioether (sulfide) groups is 1. The molecule has 0 amide bonds. The van der Waals surface area contributed by atoms with E-state index in [2.05, 4.69) is 43.0 Å². The molecule has 1 atom stereocenters. The van der Waals surface area contributed by atoms with Crippen LogP contribution in [0.3, 0.4) is 0 Å². The summed E-state index contributed by atoms with van der Waals surface area (Å²) in [6.45, 7) is 4.00. The van der Waals surface area contributed by atoms with Gasteiger partial charge in [0.1, 0.15) is 0 Å². The van der Waals surface area contributed by atoms with Crippen molar-refractivity contribution < 1.29 is 0 Å². The Labute approximate surface area is 103 Å². The molecule has 1 nitrogen and oxygen atoms in total. The minimum Gasteiger partial charge on any atom is -0.327 e. The third-order valence-corrected chi connectivity index (χ3v) is 3.73. The lowest BCUT2D eigenvalue weighted by Gasteiger charge is -2.10. The molecule has 0 aromatic heterocycles. The summed E-state index contributed by atoms with van der Waals surface area (Å²) in [5.41, 5.74) is 7.35. The molecular weight excluding hydrogens is 214 g/mol. The lowest BCUT2D eigenvalue weighted by atomic mass is 10.2. The number of nitrogens with two attached hydrogens (primary N) is 1. The van der Waals surface area contributed by atoms with Gasteiger partial charge in [-0.2, -0.15) is 0 Å². The van der Waals surface area contributed by atoms with Crippen LogP contribution in [0.15, 0.2) is 29.2 Å². The van der Waals surface area contributed by atoms with Crippen LogP contribution in [0.5, 0.6) is 0 Å². The van der Waals surface area contributed by atoms with Crippen LogP contribution in [-0.4, -0.2) is 11.8 Å².